The van der Waals surface area contributed by atoms with Gasteiger partial charge in [0.05, 0.1) is 5.60 Å². The van der Waals surface area contributed by atoms with E-state index in [0.29, 0.717) is 11.8 Å². The fourth-order valence-corrected chi connectivity index (χ4v) is 2.14. The lowest BCUT2D eigenvalue weighted by Gasteiger charge is -2.35. The summed E-state index contributed by atoms with van der Waals surface area (Å²) in [5.74, 6) is 1.07. The minimum absolute atomic E-state index is 0.425. The SMILES string of the molecule is CCCC(C)C(O)(CC)CC(C)CC. The third-order valence-electron chi connectivity index (χ3n) is 3.65. The first kappa shape index (κ1) is 14.0. The van der Waals surface area contributed by atoms with Gasteiger partial charge < -0.3 is 5.11 Å². The lowest BCUT2D eigenvalue weighted by molar-refractivity contribution is -0.0380. The highest BCUT2D eigenvalue weighted by molar-refractivity contribution is 4.84. The van der Waals surface area contributed by atoms with Crippen molar-refractivity contribution < 1.29 is 5.11 Å². The molecule has 3 atom stereocenters. The molecule has 86 valence electrons. The molecule has 0 aliphatic heterocycles. The molecule has 0 aliphatic rings. The molecule has 0 aromatic carbocycles. The number of hydrogen-bond donors (Lipinski definition) is 1. The Balaban J connectivity index is 4.29. The van der Waals surface area contributed by atoms with Crippen LogP contribution in [-0.2, 0) is 0 Å². The Labute approximate surface area is 89.9 Å². The zero-order valence-electron chi connectivity index (χ0n) is 10.6. The summed E-state index contributed by atoms with van der Waals surface area (Å²) in [4.78, 5) is 0. The normalized spacial score (nSPS) is 20.1. The molecule has 0 saturated heterocycles. The highest BCUT2D eigenvalue weighted by atomic mass is 16.3. The van der Waals surface area contributed by atoms with Gasteiger partial charge in [-0.25, -0.2) is 0 Å². The van der Waals surface area contributed by atoms with Gasteiger partial charge in [0.2, 0.25) is 0 Å². The molecule has 1 nitrogen and oxygen atoms in total. The Bertz CT molecular complexity index is 144. The quantitative estimate of drug-likeness (QED) is 0.658. The van der Waals surface area contributed by atoms with Crippen LogP contribution in [0.3, 0.4) is 0 Å². The van der Waals surface area contributed by atoms with Gasteiger partial charge in [-0.2, -0.15) is 0 Å². The molecule has 0 amide bonds. The van der Waals surface area contributed by atoms with Crippen molar-refractivity contribution in [2.45, 2.75) is 72.3 Å². The van der Waals surface area contributed by atoms with E-state index in [0.717, 1.165) is 19.3 Å². The van der Waals surface area contributed by atoms with Gasteiger partial charge in [-0.1, -0.05) is 47.5 Å². The van der Waals surface area contributed by atoms with Gasteiger partial charge in [-0.15, -0.1) is 0 Å². The van der Waals surface area contributed by atoms with Crippen LogP contribution in [0.5, 0.6) is 0 Å². The van der Waals surface area contributed by atoms with Crippen molar-refractivity contribution in [2.75, 3.05) is 0 Å². The minimum atomic E-state index is -0.425. The van der Waals surface area contributed by atoms with Gasteiger partial charge >= 0.3 is 0 Å². The van der Waals surface area contributed by atoms with Gasteiger partial charge in [0.25, 0.3) is 0 Å². The summed E-state index contributed by atoms with van der Waals surface area (Å²) in [6.45, 7) is 10.9. The predicted molar refractivity (Wildman–Crippen MR) is 63.4 cm³/mol. The Morgan fingerprint density at radius 2 is 1.71 bits per heavy atom. The van der Waals surface area contributed by atoms with Gasteiger partial charge in [0.15, 0.2) is 0 Å². The molecule has 0 heterocycles. The molecular weight excluding hydrogens is 172 g/mol. The maximum atomic E-state index is 10.5. The highest BCUT2D eigenvalue weighted by Crippen LogP contribution is 2.32. The molecule has 0 aromatic heterocycles. The topological polar surface area (TPSA) is 20.2 Å². The smallest absolute Gasteiger partial charge is 0.0673 e. The number of aliphatic hydroxyl groups is 1. The first-order valence-electron chi connectivity index (χ1n) is 6.22. The van der Waals surface area contributed by atoms with Gasteiger partial charge in [0, 0.05) is 0 Å². The van der Waals surface area contributed by atoms with E-state index in [2.05, 4.69) is 34.6 Å². The Hall–Kier alpha value is -0.0400. The van der Waals surface area contributed by atoms with Crippen molar-refractivity contribution in [1.82, 2.24) is 0 Å². The van der Waals surface area contributed by atoms with E-state index in [1.54, 1.807) is 0 Å². The Kier molecular flexibility index (Phi) is 6.43. The molecule has 0 aliphatic carbocycles. The van der Waals surface area contributed by atoms with Crippen LogP contribution in [-0.4, -0.2) is 10.7 Å². The number of hydrogen-bond acceptors (Lipinski definition) is 1. The summed E-state index contributed by atoms with van der Waals surface area (Å²) < 4.78 is 0. The van der Waals surface area contributed by atoms with Crippen molar-refractivity contribution in [3.8, 4) is 0 Å². The van der Waals surface area contributed by atoms with E-state index < -0.39 is 5.60 Å². The Morgan fingerprint density at radius 3 is 2.07 bits per heavy atom. The maximum absolute atomic E-state index is 10.5. The molecule has 1 N–H and O–H groups in total. The molecule has 0 rings (SSSR count). The highest BCUT2D eigenvalue weighted by Gasteiger charge is 2.32. The molecule has 3 unspecified atom stereocenters. The third kappa shape index (κ3) is 4.00. The van der Waals surface area contributed by atoms with Crippen molar-refractivity contribution in [3.05, 3.63) is 0 Å². The second-order valence-corrected chi connectivity index (χ2v) is 4.86. The van der Waals surface area contributed by atoms with Gasteiger partial charge in [-0.3, -0.25) is 0 Å². The zero-order chi connectivity index (χ0) is 11.2. The summed E-state index contributed by atoms with van der Waals surface area (Å²) in [5, 5.41) is 10.5. The van der Waals surface area contributed by atoms with Gasteiger partial charge in [0.1, 0.15) is 0 Å². The summed E-state index contributed by atoms with van der Waals surface area (Å²) >= 11 is 0. The molecule has 0 bridgehead atoms. The third-order valence-corrected chi connectivity index (χ3v) is 3.65. The van der Waals surface area contributed by atoms with Crippen LogP contribution in [0.2, 0.25) is 0 Å². The number of rotatable bonds is 7. The average molecular weight is 200 g/mol. The molecule has 1 heteroatoms. The second kappa shape index (κ2) is 6.44. The summed E-state index contributed by atoms with van der Waals surface area (Å²) in [7, 11) is 0. The lowest BCUT2D eigenvalue weighted by atomic mass is 9.77. The maximum Gasteiger partial charge on any atom is 0.0673 e. The van der Waals surface area contributed by atoms with Crippen LogP contribution in [0.15, 0.2) is 0 Å². The zero-order valence-corrected chi connectivity index (χ0v) is 10.6. The molecule has 0 saturated carbocycles. The lowest BCUT2D eigenvalue weighted by Crippen LogP contribution is -2.37. The first-order valence-corrected chi connectivity index (χ1v) is 6.22. The fraction of sp³-hybridized carbons (Fsp3) is 1.00. The van der Waals surface area contributed by atoms with Crippen LogP contribution in [0, 0.1) is 11.8 Å². The van der Waals surface area contributed by atoms with E-state index in [9.17, 15) is 5.11 Å². The van der Waals surface area contributed by atoms with E-state index in [-0.39, 0.29) is 0 Å². The predicted octanol–water partition coefficient (Wildman–Crippen LogP) is 4.00. The van der Waals surface area contributed by atoms with Crippen LogP contribution in [0.1, 0.15) is 66.7 Å². The standard InChI is InChI=1S/C13H28O/c1-6-9-12(5)13(14,8-3)10-11(4)7-2/h11-12,14H,6-10H2,1-5H3. The van der Waals surface area contributed by atoms with Gasteiger partial charge in [-0.05, 0) is 31.1 Å². The molecule has 0 spiro atoms. The van der Waals surface area contributed by atoms with Crippen molar-refractivity contribution in [3.63, 3.8) is 0 Å². The van der Waals surface area contributed by atoms with E-state index in [4.69, 9.17) is 0 Å². The van der Waals surface area contributed by atoms with E-state index in [1.807, 2.05) is 0 Å². The largest absolute Gasteiger partial charge is 0.390 e. The fourth-order valence-electron chi connectivity index (χ4n) is 2.14. The van der Waals surface area contributed by atoms with Crippen molar-refractivity contribution in [1.29, 1.82) is 0 Å². The monoisotopic (exact) mass is 200 g/mol. The van der Waals surface area contributed by atoms with Crippen LogP contribution in [0.4, 0.5) is 0 Å². The molecule has 0 aromatic rings. The van der Waals surface area contributed by atoms with E-state index >= 15 is 0 Å². The van der Waals surface area contributed by atoms with Crippen molar-refractivity contribution >= 4 is 0 Å². The summed E-state index contributed by atoms with van der Waals surface area (Å²) in [6.07, 6.45) is 5.32. The molecule has 0 radical (unpaired) electrons. The molecule has 14 heavy (non-hydrogen) atoms. The average Bonchev–Trinajstić information content (AvgIpc) is 2.17. The molecular formula is C13H28O. The van der Waals surface area contributed by atoms with Crippen LogP contribution < -0.4 is 0 Å². The minimum Gasteiger partial charge on any atom is -0.390 e. The first-order chi connectivity index (χ1) is 6.50. The second-order valence-electron chi connectivity index (χ2n) is 4.86. The summed E-state index contributed by atoms with van der Waals surface area (Å²) in [5.41, 5.74) is -0.425. The van der Waals surface area contributed by atoms with E-state index in [1.165, 1.54) is 12.8 Å². The Morgan fingerprint density at radius 1 is 1.14 bits per heavy atom. The van der Waals surface area contributed by atoms with Crippen LogP contribution in [0.25, 0.3) is 0 Å². The van der Waals surface area contributed by atoms with Crippen LogP contribution >= 0.6 is 0 Å². The summed E-state index contributed by atoms with van der Waals surface area (Å²) in [6, 6.07) is 0. The molecule has 0 fully saturated rings. The van der Waals surface area contributed by atoms with Crippen molar-refractivity contribution in [2.24, 2.45) is 11.8 Å².